The number of benzene rings is 1. The highest BCUT2D eigenvalue weighted by Crippen LogP contribution is 2.17. The quantitative estimate of drug-likeness (QED) is 0.360. The van der Waals surface area contributed by atoms with E-state index in [0.717, 1.165) is 36.7 Å². The van der Waals surface area contributed by atoms with Gasteiger partial charge < -0.3 is 20.1 Å². The van der Waals surface area contributed by atoms with Crippen LogP contribution in [0.15, 0.2) is 29.3 Å². The smallest absolute Gasteiger partial charge is 0.251 e. The molecule has 158 valence electrons. The molecular weight excluding hydrogens is 366 g/mol. The van der Waals surface area contributed by atoms with Gasteiger partial charge in [-0.15, -0.1) is 0 Å². The van der Waals surface area contributed by atoms with E-state index in [-0.39, 0.29) is 12.6 Å². The number of nitrogens with zero attached hydrogens (tertiary/aromatic N) is 2. The van der Waals surface area contributed by atoms with Crippen molar-refractivity contribution in [3.8, 4) is 5.75 Å². The number of guanidine groups is 1. The van der Waals surface area contributed by atoms with Crippen LogP contribution in [-0.4, -0.2) is 69.8 Å². The van der Waals surface area contributed by atoms with Gasteiger partial charge in [0.2, 0.25) is 0 Å². The average Bonchev–Trinajstić information content (AvgIpc) is 2.69. The molecule has 0 aliphatic carbocycles. The summed E-state index contributed by atoms with van der Waals surface area (Å²) < 4.78 is 36.0. The summed E-state index contributed by atoms with van der Waals surface area (Å²) in [5, 5.41) is 6.64. The first-order valence-corrected chi connectivity index (χ1v) is 9.87. The molecule has 0 bridgehead atoms. The van der Waals surface area contributed by atoms with Crippen LogP contribution in [0.3, 0.4) is 0 Å². The Hall–Kier alpha value is -1.93. The van der Waals surface area contributed by atoms with Crippen LogP contribution in [0.5, 0.6) is 5.75 Å². The van der Waals surface area contributed by atoms with Crippen LogP contribution < -0.4 is 15.4 Å². The van der Waals surface area contributed by atoms with E-state index in [2.05, 4.69) is 15.6 Å². The number of para-hydroxylation sites is 1. The van der Waals surface area contributed by atoms with Crippen LogP contribution in [0.2, 0.25) is 0 Å². The Morgan fingerprint density at radius 1 is 1.29 bits per heavy atom. The Balaban J connectivity index is 1.72. The summed E-state index contributed by atoms with van der Waals surface area (Å²) in [5.74, 6) is 1.56. The molecule has 6 nitrogen and oxygen atoms in total. The molecule has 1 saturated heterocycles. The van der Waals surface area contributed by atoms with E-state index >= 15 is 0 Å². The predicted octanol–water partition coefficient (Wildman–Crippen LogP) is 2.50. The summed E-state index contributed by atoms with van der Waals surface area (Å²) in [7, 11) is 1.65. The Labute approximate surface area is 166 Å². The highest BCUT2D eigenvalue weighted by molar-refractivity contribution is 5.80. The van der Waals surface area contributed by atoms with Crippen molar-refractivity contribution in [1.29, 1.82) is 0 Å². The van der Waals surface area contributed by atoms with E-state index in [1.54, 1.807) is 7.11 Å². The number of rotatable bonds is 10. The van der Waals surface area contributed by atoms with Gasteiger partial charge in [-0.05, 0) is 25.8 Å². The van der Waals surface area contributed by atoms with Gasteiger partial charge in [0.15, 0.2) is 5.96 Å². The third kappa shape index (κ3) is 7.98. The lowest BCUT2D eigenvalue weighted by Gasteiger charge is -2.32. The Kier molecular flexibility index (Phi) is 9.99. The molecule has 0 saturated carbocycles. The normalized spacial score (nSPS) is 16.4. The van der Waals surface area contributed by atoms with Crippen molar-refractivity contribution in [3.05, 3.63) is 29.8 Å². The molecule has 1 heterocycles. The maximum atomic E-state index is 12.5. The van der Waals surface area contributed by atoms with Crippen LogP contribution in [0.4, 0.5) is 8.78 Å². The van der Waals surface area contributed by atoms with Gasteiger partial charge in [0, 0.05) is 31.2 Å². The number of halogens is 2. The van der Waals surface area contributed by atoms with Gasteiger partial charge in [-0.3, -0.25) is 9.89 Å². The molecule has 0 unspecified atom stereocenters. The molecule has 28 heavy (non-hydrogen) atoms. The standard InChI is InChI=1S/C20H32F2N4O2/c1-3-23-20(25-17-8-11-26(12-9-17)14-19(21)22)24-10-13-28-15-16-6-4-5-7-18(16)27-2/h4-7,17,19H,3,8-15H2,1-2H3,(H2,23,24,25). The number of hydrogen-bond acceptors (Lipinski definition) is 4. The predicted molar refractivity (Wildman–Crippen MR) is 107 cm³/mol. The molecule has 2 N–H and O–H groups in total. The number of methoxy groups -OCH3 is 1. The first-order valence-electron chi connectivity index (χ1n) is 9.87. The number of hydrogen-bond donors (Lipinski definition) is 2. The zero-order valence-corrected chi connectivity index (χ0v) is 16.8. The van der Waals surface area contributed by atoms with E-state index in [9.17, 15) is 8.78 Å². The second-order valence-corrected chi connectivity index (χ2v) is 6.74. The molecule has 0 radical (unpaired) electrons. The third-order valence-electron chi connectivity index (χ3n) is 4.62. The van der Waals surface area contributed by atoms with E-state index < -0.39 is 6.43 Å². The highest BCUT2D eigenvalue weighted by Gasteiger charge is 2.21. The van der Waals surface area contributed by atoms with Crippen molar-refractivity contribution in [2.45, 2.75) is 38.8 Å². The lowest BCUT2D eigenvalue weighted by Crippen LogP contribution is -2.49. The molecule has 1 aliphatic heterocycles. The second kappa shape index (κ2) is 12.5. The minimum Gasteiger partial charge on any atom is -0.496 e. The minimum atomic E-state index is -2.26. The van der Waals surface area contributed by atoms with Gasteiger partial charge in [0.1, 0.15) is 5.75 Å². The van der Waals surface area contributed by atoms with Crippen LogP contribution in [0.25, 0.3) is 0 Å². The summed E-state index contributed by atoms with van der Waals surface area (Å²) >= 11 is 0. The van der Waals surface area contributed by atoms with Gasteiger partial charge in [0.25, 0.3) is 6.43 Å². The molecule has 0 atom stereocenters. The number of ether oxygens (including phenoxy) is 2. The van der Waals surface area contributed by atoms with Gasteiger partial charge >= 0.3 is 0 Å². The van der Waals surface area contributed by atoms with E-state index in [4.69, 9.17) is 9.47 Å². The van der Waals surface area contributed by atoms with Gasteiger partial charge in [0.05, 0.1) is 33.4 Å². The SMILES string of the molecule is CCNC(=NCCOCc1ccccc1OC)NC1CCN(CC(F)F)CC1. The molecule has 1 aromatic rings. The molecule has 0 amide bonds. The van der Waals surface area contributed by atoms with Crippen LogP contribution in [0, 0.1) is 0 Å². The lowest BCUT2D eigenvalue weighted by molar-refractivity contribution is 0.0744. The lowest BCUT2D eigenvalue weighted by atomic mass is 10.1. The van der Waals surface area contributed by atoms with Crippen molar-refractivity contribution >= 4 is 5.96 Å². The Bertz CT molecular complexity index is 593. The number of nitrogens with one attached hydrogen (secondary N) is 2. The molecule has 1 aromatic carbocycles. The molecule has 0 aromatic heterocycles. The monoisotopic (exact) mass is 398 g/mol. The summed E-state index contributed by atoms with van der Waals surface area (Å²) in [4.78, 5) is 6.37. The largest absolute Gasteiger partial charge is 0.496 e. The van der Waals surface area contributed by atoms with E-state index in [1.807, 2.05) is 36.1 Å². The van der Waals surface area contributed by atoms with Crippen LogP contribution in [-0.2, 0) is 11.3 Å². The fourth-order valence-corrected chi connectivity index (χ4v) is 3.19. The number of likely N-dealkylation sites (tertiary alicyclic amines) is 1. The zero-order chi connectivity index (χ0) is 20.2. The fraction of sp³-hybridized carbons (Fsp3) is 0.650. The Morgan fingerprint density at radius 3 is 2.71 bits per heavy atom. The second-order valence-electron chi connectivity index (χ2n) is 6.74. The number of alkyl halides is 2. The molecule has 1 aliphatic rings. The first kappa shape index (κ1) is 22.4. The minimum absolute atomic E-state index is 0.135. The number of aliphatic imine (C=N–C) groups is 1. The highest BCUT2D eigenvalue weighted by atomic mass is 19.3. The molecular formula is C20H32F2N4O2. The summed E-state index contributed by atoms with van der Waals surface area (Å²) in [6.07, 6.45) is -0.595. The number of piperidine rings is 1. The zero-order valence-electron chi connectivity index (χ0n) is 16.8. The van der Waals surface area contributed by atoms with Crippen molar-refractivity contribution in [2.75, 3.05) is 46.4 Å². The average molecular weight is 398 g/mol. The van der Waals surface area contributed by atoms with Crippen molar-refractivity contribution in [3.63, 3.8) is 0 Å². The fourth-order valence-electron chi connectivity index (χ4n) is 3.19. The topological polar surface area (TPSA) is 58.1 Å². The first-order chi connectivity index (χ1) is 13.6. The van der Waals surface area contributed by atoms with Crippen LogP contribution >= 0.6 is 0 Å². The third-order valence-corrected chi connectivity index (χ3v) is 4.62. The van der Waals surface area contributed by atoms with Gasteiger partial charge in [-0.25, -0.2) is 8.78 Å². The van der Waals surface area contributed by atoms with Crippen molar-refractivity contribution < 1.29 is 18.3 Å². The molecule has 0 spiro atoms. The molecule has 1 fully saturated rings. The van der Waals surface area contributed by atoms with Crippen LogP contribution in [0.1, 0.15) is 25.3 Å². The van der Waals surface area contributed by atoms with E-state index in [0.29, 0.717) is 32.8 Å². The van der Waals surface area contributed by atoms with Crippen molar-refractivity contribution in [2.24, 2.45) is 4.99 Å². The summed E-state index contributed by atoms with van der Waals surface area (Å²) in [6, 6.07) is 8.03. The summed E-state index contributed by atoms with van der Waals surface area (Å²) in [5.41, 5.74) is 1.01. The summed E-state index contributed by atoms with van der Waals surface area (Å²) in [6.45, 7) is 5.53. The molecule has 2 rings (SSSR count). The van der Waals surface area contributed by atoms with Gasteiger partial charge in [-0.1, -0.05) is 18.2 Å². The van der Waals surface area contributed by atoms with E-state index in [1.165, 1.54) is 0 Å². The maximum Gasteiger partial charge on any atom is 0.251 e. The van der Waals surface area contributed by atoms with Gasteiger partial charge in [-0.2, -0.15) is 0 Å². The molecule has 8 heteroatoms. The Morgan fingerprint density at radius 2 is 2.04 bits per heavy atom. The van der Waals surface area contributed by atoms with Crippen molar-refractivity contribution in [1.82, 2.24) is 15.5 Å². The maximum absolute atomic E-state index is 12.5.